The molecule has 4 rings (SSSR count). The normalized spacial score (nSPS) is 16.4. The molecular formula is C19H19ClN4O3S. The number of carbonyl (C=O) groups excluding carboxylic acids is 1. The van der Waals surface area contributed by atoms with Crippen LogP contribution in [0.1, 0.15) is 12.8 Å². The molecule has 1 unspecified atom stereocenters. The first-order valence-corrected chi connectivity index (χ1v) is 10.3. The van der Waals surface area contributed by atoms with Crippen molar-refractivity contribution >= 4 is 35.0 Å². The van der Waals surface area contributed by atoms with E-state index in [4.69, 9.17) is 20.8 Å². The Kier molecular flexibility index (Phi) is 5.99. The van der Waals surface area contributed by atoms with Crippen LogP contribution in [0, 0.1) is 0 Å². The summed E-state index contributed by atoms with van der Waals surface area (Å²) in [5.74, 6) is 1.34. The van der Waals surface area contributed by atoms with E-state index < -0.39 is 0 Å². The van der Waals surface area contributed by atoms with Crippen molar-refractivity contribution in [2.24, 2.45) is 0 Å². The first-order chi connectivity index (χ1) is 13.7. The van der Waals surface area contributed by atoms with Gasteiger partial charge in [0.15, 0.2) is 10.9 Å². The van der Waals surface area contributed by atoms with E-state index in [1.165, 1.54) is 11.8 Å². The van der Waals surface area contributed by atoms with Crippen molar-refractivity contribution in [1.82, 2.24) is 14.8 Å². The predicted octanol–water partition coefficient (Wildman–Crippen LogP) is 4.10. The molecule has 0 saturated carbocycles. The minimum Gasteiger partial charge on any atom is -0.461 e. The van der Waals surface area contributed by atoms with Gasteiger partial charge in [0, 0.05) is 17.3 Å². The van der Waals surface area contributed by atoms with Gasteiger partial charge in [-0.05, 0) is 43.2 Å². The topological polar surface area (TPSA) is 82.2 Å². The van der Waals surface area contributed by atoms with Gasteiger partial charge in [0.1, 0.15) is 0 Å². The van der Waals surface area contributed by atoms with Gasteiger partial charge in [-0.15, -0.1) is 10.2 Å². The Morgan fingerprint density at radius 3 is 3.00 bits per heavy atom. The summed E-state index contributed by atoms with van der Waals surface area (Å²) in [6.45, 7) is 1.40. The molecule has 0 bridgehead atoms. The number of nitrogens with one attached hydrogen (secondary N) is 1. The van der Waals surface area contributed by atoms with Gasteiger partial charge in [-0.1, -0.05) is 29.4 Å². The number of rotatable bonds is 7. The largest absolute Gasteiger partial charge is 0.461 e. The third-order valence-corrected chi connectivity index (χ3v) is 5.51. The summed E-state index contributed by atoms with van der Waals surface area (Å²) in [6.07, 6.45) is 3.76. The highest BCUT2D eigenvalue weighted by atomic mass is 35.5. The van der Waals surface area contributed by atoms with Crippen LogP contribution in [0.2, 0.25) is 5.02 Å². The molecule has 1 aromatic carbocycles. The predicted molar refractivity (Wildman–Crippen MR) is 108 cm³/mol. The molecule has 1 amide bonds. The van der Waals surface area contributed by atoms with E-state index in [9.17, 15) is 4.79 Å². The zero-order valence-corrected chi connectivity index (χ0v) is 16.6. The van der Waals surface area contributed by atoms with E-state index in [-0.39, 0.29) is 17.8 Å². The SMILES string of the molecule is O=C(CSc1nnc(-c2ccco2)n1CC1CCCO1)Nc1cccc(Cl)c1. The number of anilines is 1. The van der Waals surface area contributed by atoms with Crippen LogP contribution in [0.3, 0.4) is 0 Å². The Bertz CT molecular complexity index is 939. The van der Waals surface area contributed by atoms with Crippen LogP contribution >= 0.6 is 23.4 Å². The van der Waals surface area contributed by atoms with Gasteiger partial charge in [0.05, 0.1) is 24.7 Å². The van der Waals surface area contributed by atoms with E-state index in [1.54, 1.807) is 30.5 Å². The summed E-state index contributed by atoms with van der Waals surface area (Å²) in [7, 11) is 0. The molecule has 0 spiro atoms. The van der Waals surface area contributed by atoms with Crippen LogP contribution in [0.15, 0.2) is 52.2 Å². The van der Waals surface area contributed by atoms with Crippen molar-refractivity contribution in [1.29, 1.82) is 0 Å². The second kappa shape index (κ2) is 8.81. The van der Waals surface area contributed by atoms with Gasteiger partial charge < -0.3 is 14.5 Å². The molecule has 1 atom stereocenters. The number of ether oxygens (including phenoxy) is 1. The van der Waals surface area contributed by atoms with E-state index in [1.807, 2.05) is 16.7 Å². The summed E-state index contributed by atoms with van der Waals surface area (Å²) < 4.78 is 13.2. The molecule has 1 saturated heterocycles. The van der Waals surface area contributed by atoms with Crippen LogP contribution < -0.4 is 5.32 Å². The maximum atomic E-state index is 12.3. The number of hydrogen-bond acceptors (Lipinski definition) is 6. The number of furan rings is 1. The van der Waals surface area contributed by atoms with Gasteiger partial charge in [0.2, 0.25) is 11.7 Å². The maximum absolute atomic E-state index is 12.3. The number of hydrogen-bond donors (Lipinski definition) is 1. The summed E-state index contributed by atoms with van der Waals surface area (Å²) in [6, 6.07) is 10.7. The van der Waals surface area contributed by atoms with Crippen molar-refractivity contribution in [3.63, 3.8) is 0 Å². The molecule has 2 aromatic heterocycles. The van der Waals surface area contributed by atoms with Crippen molar-refractivity contribution in [2.45, 2.75) is 30.6 Å². The Labute approximate surface area is 171 Å². The highest BCUT2D eigenvalue weighted by molar-refractivity contribution is 7.99. The number of amides is 1. The van der Waals surface area contributed by atoms with Gasteiger partial charge in [-0.2, -0.15) is 0 Å². The lowest BCUT2D eigenvalue weighted by Gasteiger charge is -2.14. The molecule has 3 aromatic rings. The number of thioether (sulfide) groups is 1. The van der Waals surface area contributed by atoms with Gasteiger partial charge in [-0.25, -0.2) is 0 Å². The quantitative estimate of drug-likeness (QED) is 0.581. The van der Waals surface area contributed by atoms with Crippen LogP contribution in [0.5, 0.6) is 0 Å². The Hall–Kier alpha value is -2.29. The third-order valence-electron chi connectivity index (χ3n) is 4.31. The molecule has 0 aliphatic carbocycles. The molecule has 1 aliphatic rings. The number of carbonyl (C=O) groups is 1. The molecule has 1 aliphatic heterocycles. The van der Waals surface area contributed by atoms with Crippen molar-refractivity contribution in [2.75, 3.05) is 17.7 Å². The van der Waals surface area contributed by atoms with Crippen LogP contribution in [-0.2, 0) is 16.1 Å². The summed E-state index contributed by atoms with van der Waals surface area (Å²) in [5, 5.41) is 12.6. The van der Waals surface area contributed by atoms with Crippen LogP contribution in [-0.4, -0.2) is 39.1 Å². The second-order valence-electron chi connectivity index (χ2n) is 6.38. The maximum Gasteiger partial charge on any atom is 0.234 e. The van der Waals surface area contributed by atoms with Crippen LogP contribution in [0.4, 0.5) is 5.69 Å². The molecule has 1 N–H and O–H groups in total. The standard InChI is InChI=1S/C19H19ClN4O3S/c20-13-4-1-5-14(10-13)21-17(25)12-28-19-23-22-18(16-7-3-9-27-16)24(19)11-15-6-2-8-26-15/h1,3-5,7,9-10,15H,2,6,8,11-12H2,(H,21,25). The van der Waals surface area contributed by atoms with Crippen molar-refractivity contribution < 1.29 is 13.9 Å². The summed E-state index contributed by atoms with van der Waals surface area (Å²) in [5.41, 5.74) is 0.662. The molecule has 3 heterocycles. The summed E-state index contributed by atoms with van der Waals surface area (Å²) >= 11 is 7.28. The molecular weight excluding hydrogens is 400 g/mol. The zero-order valence-electron chi connectivity index (χ0n) is 15.0. The second-order valence-corrected chi connectivity index (χ2v) is 7.76. The van der Waals surface area contributed by atoms with E-state index in [0.717, 1.165) is 19.4 Å². The van der Waals surface area contributed by atoms with Gasteiger partial charge in [0.25, 0.3) is 0 Å². The van der Waals surface area contributed by atoms with E-state index >= 15 is 0 Å². The van der Waals surface area contributed by atoms with Crippen LogP contribution in [0.25, 0.3) is 11.6 Å². The molecule has 0 radical (unpaired) electrons. The van der Waals surface area contributed by atoms with Crippen molar-refractivity contribution in [3.8, 4) is 11.6 Å². The van der Waals surface area contributed by atoms with Crippen molar-refractivity contribution in [3.05, 3.63) is 47.7 Å². The average Bonchev–Trinajstić information content (AvgIpc) is 3.43. The lowest BCUT2D eigenvalue weighted by atomic mass is 10.2. The number of nitrogens with zero attached hydrogens (tertiary/aromatic N) is 3. The van der Waals surface area contributed by atoms with Gasteiger partial charge >= 0.3 is 0 Å². The van der Waals surface area contributed by atoms with E-state index in [2.05, 4.69) is 15.5 Å². The fraction of sp³-hybridized carbons (Fsp3) is 0.316. The van der Waals surface area contributed by atoms with Gasteiger partial charge in [-0.3, -0.25) is 9.36 Å². The molecule has 28 heavy (non-hydrogen) atoms. The lowest BCUT2D eigenvalue weighted by Crippen LogP contribution is -2.18. The smallest absolute Gasteiger partial charge is 0.234 e. The number of halogens is 1. The minimum atomic E-state index is -0.140. The fourth-order valence-corrected chi connectivity index (χ4v) is 3.97. The number of aromatic nitrogens is 3. The zero-order chi connectivity index (χ0) is 19.3. The molecule has 1 fully saturated rings. The first kappa shape index (κ1) is 19.0. The average molecular weight is 419 g/mol. The number of benzene rings is 1. The Morgan fingerprint density at radius 2 is 2.25 bits per heavy atom. The lowest BCUT2D eigenvalue weighted by molar-refractivity contribution is -0.113. The Morgan fingerprint density at radius 1 is 1.32 bits per heavy atom. The molecule has 7 nitrogen and oxygen atoms in total. The monoisotopic (exact) mass is 418 g/mol. The molecule has 146 valence electrons. The highest BCUT2D eigenvalue weighted by Gasteiger charge is 2.23. The molecule has 9 heteroatoms. The first-order valence-electron chi connectivity index (χ1n) is 8.96. The third kappa shape index (κ3) is 4.57. The Balaban J connectivity index is 1.46. The summed E-state index contributed by atoms with van der Waals surface area (Å²) in [4.78, 5) is 12.3. The minimum absolute atomic E-state index is 0.115. The fourth-order valence-electron chi connectivity index (χ4n) is 3.03. The van der Waals surface area contributed by atoms with E-state index in [0.29, 0.717) is 34.0 Å². The highest BCUT2D eigenvalue weighted by Crippen LogP contribution is 2.27.